The van der Waals surface area contributed by atoms with Gasteiger partial charge in [0.2, 0.25) is 0 Å². The lowest BCUT2D eigenvalue weighted by atomic mass is 9.99. The van der Waals surface area contributed by atoms with E-state index in [1.165, 1.54) is 21.9 Å². The molecule has 0 aromatic carbocycles. The highest BCUT2D eigenvalue weighted by Gasteiger charge is 2.21. The van der Waals surface area contributed by atoms with Crippen molar-refractivity contribution in [3.8, 4) is 0 Å². The van der Waals surface area contributed by atoms with Crippen LogP contribution in [0.25, 0.3) is 0 Å². The second-order valence-electron chi connectivity index (χ2n) is 4.83. The molecule has 0 fully saturated rings. The maximum atomic E-state index is 2.27. The van der Waals surface area contributed by atoms with Crippen LogP contribution in [0.3, 0.4) is 0 Å². The molecule has 1 aliphatic heterocycles. The lowest BCUT2D eigenvalue weighted by Gasteiger charge is -2.22. The Bertz CT molecular complexity index is 393. The molecule has 0 aliphatic carbocycles. The molecule has 2 heteroatoms. The van der Waals surface area contributed by atoms with Crippen LogP contribution in [0.4, 0.5) is 0 Å². The van der Waals surface area contributed by atoms with E-state index in [1.54, 1.807) is 11.8 Å². The molecule has 0 aromatic rings. The van der Waals surface area contributed by atoms with Crippen LogP contribution in [0.2, 0.25) is 0 Å². The van der Waals surface area contributed by atoms with Gasteiger partial charge in [0, 0.05) is 12.5 Å². The van der Waals surface area contributed by atoms with Gasteiger partial charge in [0.25, 0.3) is 0 Å². The van der Waals surface area contributed by atoms with Crippen molar-refractivity contribution in [1.82, 2.24) is 4.90 Å². The molecule has 0 N–H and O–H groups in total. The van der Waals surface area contributed by atoms with Gasteiger partial charge in [-0.2, -0.15) is 0 Å². The fourth-order valence-electron chi connectivity index (χ4n) is 1.75. The van der Waals surface area contributed by atoms with Crippen LogP contribution in [0.5, 0.6) is 0 Å². The molecular weight excluding hydrogens is 226 g/mol. The zero-order valence-corrected chi connectivity index (χ0v) is 12.6. The van der Waals surface area contributed by atoms with Crippen molar-refractivity contribution in [2.75, 3.05) is 7.05 Å². The monoisotopic (exact) mass is 249 g/mol. The molecule has 17 heavy (non-hydrogen) atoms. The summed E-state index contributed by atoms with van der Waals surface area (Å²) in [5.41, 5.74) is 4.07. The maximum Gasteiger partial charge on any atom is 0.0749 e. The molecule has 0 unspecified atom stereocenters. The Kier molecular flexibility index (Phi) is 5.13. The number of thioether (sulfide) groups is 1. The summed E-state index contributed by atoms with van der Waals surface area (Å²) in [4.78, 5) is 2.27. The van der Waals surface area contributed by atoms with E-state index in [0.29, 0.717) is 5.92 Å². The molecule has 1 heterocycles. The summed E-state index contributed by atoms with van der Waals surface area (Å²) in [5.74, 6) is 0.538. The van der Waals surface area contributed by atoms with E-state index in [1.807, 2.05) is 0 Å². The minimum absolute atomic E-state index is 0.538. The Hall–Kier alpha value is -0.890. The van der Waals surface area contributed by atoms with Crippen molar-refractivity contribution >= 4 is 11.8 Å². The first-order chi connectivity index (χ1) is 7.97. The first-order valence-electron chi connectivity index (χ1n) is 6.09. The summed E-state index contributed by atoms with van der Waals surface area (Å²) in [5, 5.41) is 3.56. The van der Waals surface area contributed by atoms with E-state index in [9.17, 15) is 0 Å². The second kappa shape index (κ2) is 6.15. The van der Waals surface area contributed by atoms with Crippen molar-refractivity contribution in [1.29, 1.82) is 0 Å². The lowest BCUT2D eigenvalue weighted by molar-refractivity contribution is 0.552. The maximum absolute atomic E-state index is 2.27. The highest BCUT2D eigenvalue weighted by Crippen LogP contribution is 2.38. The van der Waals surface area contributed by atoms with Gasteiger partial charge in [-0.3, -0.25) is 0 Å². The molecule has 1 rings (SSSR count). The van der Waals surface area contributed by atoms with Gasteiger partial charge >= 0.3 is 0 Å². The summed E-state index contributed by atoms with van der Waals surface area (Å²) in [6.07, 6.45) is 6.61. The highest BCUT2D eigenvalue weighted by molar-refractivity contribution is 8.06. The molecule has 1 nitrogen and oxygen atoms in total. The summed E-state index contributed by atoms with van der Waals surface area (Å²) in [6, 6.07) is 0. The fraction of sp³-hybridized carbons (Fsp3) is 0.467. The van der Waals surface area contributed by atoms with E-state index >= 15 is 0 Å². The van der Waals surface area contributed by atoms with Gasteiger partial charge in [0.15, 0.2) is 0 Å². The average Bonchev–Trinajstić information content (AvgIpc) is 2.60. The Morgan fingerprint density at radius 1 is 1.29 bits per heavy atom. The van der Waals surface area contributed by atoms with Crippen LogP contribution >= 0.6 is 11.8 Å². The van der Waals surface area contributed by atoms with Crippen LogP contribution < -0.4 is 0 Å². The first-order valence-corrected chi connectivity index (χ1v) is 6.97. The predicted molar refractivity (Wildman–Crippen MR) is 79.5 cm³/mol. The third-order valence-corrected chi connectivity index (χ3v) is 3.84. The first kappa shape index (κ1) is 14.2. The molecule has 0 radical (unpaired) electrons. The summed E-state index contributed by atoms with van der Waals surface area (Å²) >= 11 is 1.80. The number of hydrogen-bond acceptors (Lipinski definition) is 2. The minimum atomic E-state index is 0.538. The SMILES string of the molecule is C/C=C1\SC=C(/C(=C/C=C(C)C)C(C)C)N1C. The van der Waals surface area contributed by atoms with E-state index in [2.05, 4.69) is 70.2 Å². The second-order valence-corrected chi connectivity index (χ2v) is 5.72. The van der Waals surface area contributed by atoms with Crippen molar-refractivity contribution < 1.29 is 0 Å². The van der Waals surface area contributed by atoms with Gasteiger partial charge in [0.1, 0.15) is 0 Å². The lowest BCUT2D eigenvalue weighted by Crippen LogP contribution is -2.14. The standard InChI is InChI=1S/C15H23NS/c1-7-15-16(6)14(10-17-15)13(12(4)5)9-8-11(2)3/h7-10,12H,1-6H3/b13-9+,15-7-. The predicted octanol–water partition coefficient (Wildman–Crippen LogP) is 4.92. The summed E-state index contributed by atoms with van der Waals surface area (Å²) < 4.78 is 0. The van der Waals surface area contributed by atoms with Crippen LogP contribution in [0.1, 0.15) is 34.6 Å². The van der Waals surface area contributed by atoms with Gasteiger partial charge < -0.3 is 4.90 Å². The number of nitrogens with zero attached hydrogens (tertiary/aromatic N) is 1. The molecule has 94 valence electrons. The molecule has 0 saturated carbocycles. The van der Waals surface area contributed by atoms with E-state index in [0.717, 1.165) is 0 Å². The van der Waals surface area contributed by atoms with Gasteiger partial charge in [-0.05, 0) is 32.3 Å². The zero-order valence-electron chi connectivity index (χ0n) is 11.7. The molecule has 0 amide bonds. The molecule has 1 aliphatic rings. The van der Waals surface area contributed by atoms with Crippen LogP contribution in [0.15, 0.2) is 45.5 Å². The number of rotatable bonds is 3. The smallest absolute Gasteiger partial charge is 0.0749 e. The van der Waals surface area contributed by atoms with Gasteiger partial charge in [0.05, 0.1) is 10.7 Å². The van der Waals surface area contributed by atoms with Crippen molar-refractivity contribution in [3.05, 3.63) is 45.5 Å². The Labute approximate surface area is 110 Å². The molecule has 0 spiro atoms. The molecular formula is C15H23NS. The third-order valence-electron chi connectivity index (χ3n) is 2.74. The largest absolute Gasteiger partial charge is 0.339 e. The Morgan fingerprint density at radius 2 is 1.94 bits per heavy atom. The minimum Gasteiger partial charge on any atom is -0.339 e. The Balaban J connectivity index is 3.03. The number of allylic oxidation sites excluding steroid dienone is 5. The Morgan fingerprint density at radius 3 is 2.35 bits per heavy atom. The summed E-state index contributed by atoms with van der Waals surface area (Å²) in [6.45, 7) is 10.8. The normalized spacial score (nSPS) is 19.0. The number of hydrogen-bond donors (Lipinski definition) is 0. The summed E-state index contributed by atoms with van der Waals surface area (Å²) in [7, 11) is 2.14. The van der Waals surface area contributed by atoms with Gasteiger partial charge in [-0.1, -0.05) is 49.4 Å². The third kappa shape index (κ3) is 3.53. The van der Waals surface area contributed by atoms with E-state index in [4.69, 9.17) is 0 Å². The van der Waals surface area contributed by atoms with Crippen molar-refractivity contribution in [3.63, 3.8) is 0 Å². The molecule has 0 saturated heterocycles. The van der Waals surface area contributed by atoms with E-state index < -0.39 is 0 Å². The van der Waals surface area contributed by atoms with Crippen LogP contribution in [-0.2, 0) is 0 Å². The molecule has 0 aromatic heterocycles. The van der Waals surface area contributed by atoms with Crippen molar-refractivity contribution in [2.45, 2.75) is 34.6 Å². The van der Waals surface area contributed by atoms with E-state index in [-0.39, 0.29) is 0 Å². The van der Waals surface area contributed by atoms with Crippen LogP contribution in [0, 0.1) is 5.92 Å². The fourth-order valence-corrected chi connectivity index (χ4v) is 2.67. The zero-order chi connectivity index (χ0) is 13.0. The van der Waals surface area contributed by atoms with Gasteiger partial charge in [-0.25, -0.2) is 0 Å². The number of likely N-dealkylation sites (N-methyl/N-ethyl adjacent to an activating group) is 1. The highest BCUT2D eigenvalue weighted by atomic mass is 32.2. The van der Waals surface area contributed by atoms with Crippen LogP contribution in [-0.4, -0.2) is 11.9 Å². The molecule has 0 bridgehead atoms. The molecule has 0 atom stereocenters. The quantitative estimate of drug-likeness (QED) is 0.653. The topological polar surface area (TPSA) is 3.24 Å². The van der Waals surface area contributed by atoms with Gasteiger partial charge in [-0.15, -0.1) is 0 Å². The average molecular weight is 249 g/mol. The van der Waals surface area contributed by atoms with Crippen molar-refractivity contribution in [2.24, 2.45) is 5.92 Å².